The molecule has 0 atom stereocenters. The van der Waals surface area contributed by atoms with Crippen LogP contribution in [0.25, 0.3) is 6.08 Å². The van der Waals surface area contributed by atoms with Gasteiger partial charge in [0.2, 0.25) is 15.9 Å². The Balaban J connectivity index is 2.70. The van der Waals surface area contributed by atoms with E-state index in [4.69, 9.17) is 17.3 Å². The van der Waals surface area contributed by atoms with Gasteiger partial charge in [0, 0.05) is 10.4 Å². The molecule has 0 bridgehead atoms. The fourth-order valence-electron chi connectivity index (χ4n) is 0.962. The zero-order chi connectivity index (χ0) is 12.9. The maximum atomic E-state index is 11.3. The molecule has 0 spiro atoms. The average Bonchev–Trinajstić information content (AvgIpc) is 2.26. The SMILES string of the molecule is NC(=O)CNS(=O)(=O)/C=C\c1ccc(Cl)cc1. The largest absolute Gasteiger partial charge is 0.369 e. The van der Waals surface area contributed by atoms with Gasteiger partial charge in [0.15, 0.2) is 0 Å². The number of hydrogen-bond acceptors (Lipinski definition) is 3. The van der Waals surface area contributed by atoms with E-state index in [-0.39, 0.29) is 0 Å². The normalized spacial score (nSPS) is 11.8. The van der Waals surface area contributed by atoms with Gasteiger partial charge in [-0.2, -0.15) is 0 Å². The second-order valence-corrected chi connectivity index (χ2v) is 5.27. The molecule has 1 amide bonds. The van der Waals surface area contributed by atoms with Crippen molar-refractivity contribution in [1.82, 2.24) is 4.72 Å². The fourth-order valence-corrected chi connectivity index (χ4v) is 1.86. The number of amides is 1. The first-order chi connectivity index (χ1) is 7.89. The van der Waals surface area contributed by atoms with Gasteiger partial charge in [-0.1, -0.05) is 23.7 Å². The summed E-state index contributed by atoms with van der Waals surface area (Å²) in [5.74, 6) is -0.742. The van der Waals surface area contributed by atoms with Crippen LogP contribution in [0.4, 0.5) is 0 Å². The van der Waals surface area contributed by atoms with Crippen LogP contribution in [0.2, 0.25) is 5.02 Å². The first kappa shape index (κ1) is 13.7. The number of rotatable bonds is 5. The van der Waals surface area contributed by atoms with E-state index in [0.29, 0.717) is 10.6 Å². The van der Waals surface area contributed by atoms with Gasteiger partial charge >= 0.3 is 0 Å². The van der Waals surface area contributed by atoms with E-state index in [1.807, 2.05) is 4.72 Å². The zero-order valence-corrected chi connectivity index (χ0v) is 10.3. The molecule has 1 aromatic carbocycles. The number of carbonyl (C=O) groups excluding carboxylic acids is 1. The summed E-state index contributed by atoms with van der Waals surface area (Å²) < 4.78 is 24.7. The Labute approximate surface area is 104 Å². The van der Waals surface area contributed by atoms with E-state index < -0.39 is 22.5 Å². The molecular weight excluding hydrogens is 264 g/mol. The van der Waals surface area contributed by atoms with Crippen molar-refractivity contribution in [2.24, 2.45) is 5.73 Å². The van der Waals surface area contributed by atoms with E-state index >= 15 is 0 Å². The first-order valence-electron chi connectivity index (χ1n) is 4.61. The maximum absolute atomic E-state index is 11.3. The topological polar surface area (TPSA) is 89.3 Å². The highest BCUT2D eigenvalue weighted by Crippen LogP contribution is 2.10. The molecule has 0 aliphatic rings. The van der Waals surface area contributed by atoms with Crippen molar-refractivity contribution in [1.29, 1.82) is 0 Å². The van der Waals surface area contributed by atoms with E-state index in [1.165, 1.54) is 6.08 Å². The number of nitrogens with two attached hydrogens (primary N) is 1. The van der Waals surface area contributed by atoms with Crippen LogP contribution >= 0.6 is 11.6 Å². The lowest BCUT2D eigenvalue weighted by Crippen LogP contribution is -2.32. The van der Waals surface area contributed by atoms with Crippen LogP contribution < -0.4 is 10.5 Å². The highest BCUT2D eigenvalue weighted by atomic mass is 35.5. The van der Waals surface area contributed by atoms with Gasteiger partial charge in [-0.05, 0) is 23.8 Å². The fraction of sp³-hybridized carbons (Fsp3) is 0.100. The smallest absolute Gasteiger partial charge is 0.234 e. The molecule has 0 fully saturated rings. The number of nitrogens with one attached hydrogen (secondary N) is 1. The Hall–Kier alpha value is -1.37. The predicted octanol–water partition coefficient (Wildman–Crippen LogP) is 0.715. The summed E-state index contributed by atoms with van der Waals surface area (Å²) in [6.07, 6.45) is 1.39. The van der Waals surface area contributed by atoms with Gasteiger partial charge in [-0.15, -0.1) is 0 Å². The van der Waals surface area contributed by atoms with Crippen LogP contribution in [0, 0.1) is 0 Å². The third-order valence-corrected chi connectivity index (χ3v) is 3.05. The highest BCUT2D eigenvalue weighted by Gasteiger charge is 2.05. The molecule has 0 saturated heterocycles. The Morgan fingerprint density at radius 3 is 2.47 bits per heavy atom. The average molecular weight is 275 g/mol. The van der Waals surface area contributed by atoms with Gasteiger partial charge < -0.3 is 5.73 Å². The van der Waals surface area contributed by atoms with Gasteiger partial charge in [0.05, 0.1) is 6.54 Å². The molecule has 1 rings (SSSR count). The number of halogens is 1. The van der Waals surface area contributed by atoms with Crippen LogP contribution in [0.3, 0.4) is 0 Å². The number of carbonyl (C=O) groups is 1. The lowest BCUT2D eigenvalue weighted by Gasteiger charge is -1.99. The second-order valence-electron chi connectivity index (χ2n) is 3.19. The summed E-state index contributed by atoms with van der Waals surface area (Å²) in [4.78, 5) is 10.4. The minimum atomic E-state index is -3.65. The molecule has 0 aliphatic carbocycles. The van der Waals surface area contributed by atoms with Crippen molar-refractivity contribution in [3.05, 3.63) is 40.3 Å². The molecule has 0 aliphatic heterocycles. The molecule has 1 aromatic rings. The Morgan fingerprint density at radius 1 is 1.35 bits per heavy atom. The van der Waals surface area contributed by atoms with E-state index in [2.05, 4.69) is 0 Å². The van der Waals surface area contributed by atoms with E-state index in [1.54, 1.807) is 24.3 Å². The predicted molar refractivity (Wildman–Crippen MR) is 66.6 cm³/mol. The molecule has 0 radical (unpaired) electrons. The number of sulfonamides is 1. The van der Waals surface area contributed by atoms with E-state index in [0.717, 1.165) is 5.41 Å². The molecule has 0 saturated carbocycles. The zero-order valence-electron chi connectivity index (χ0n) is 8.76. The van der Waals surface area contributed by atoms with Gasteiger partial charge in [0.25, 0.3) is 0 Å². The Morgan fingerprint density at radius 2 is 1.94 bits per heavy atom. The Bertz CT molecular complexity index is 523. The number of benzene rings is 1. The van der Waals surface area contributed by atoms with Crippen molar-refractivity contribution in [2.45, 2.75) is 0 Å². The number of primary amides is 1. The monoisotopic (exact) mass is 274 g/mol. The first-order valence-corrected chi connectivity index (χ1v) is 6.53. The van der Waals surface area contributed by atoms with Crippen LogP contribution in [0.1, 0.15) is 5.56 Å². The van der Waals surface area contributed by atoms with Crippen LogP contribution in [-0.2, 0) is 14.8 Å². The molecule has 92 valence electrons. The third kappa shape index (κ3) is 5.48. The molecular formula is C10H11ClN2O3S. The van der Waals surface area contributed by atoms with Crippen molar-refractivity contribution >= 4 is 33.6 Å². The highest BCUT2D eigenvalue weighted by molar-refractivity contribution is 7.92. The van der Waals surface area contributed by atoms with Crippen molar-refractivity contribution in [3.8, 4) is 0 Å². The molecule has 7 heteroatoms. The summed E-state index contributed by atoms with van der Waals surface area (Å²) in [5, 5.41) is 1.52. The summed E-state index contributed by atoms with van der Waals surface area (Å²) in [6, 6.07) is 6.63. The molecule has 5 nitrogen and oxygen atoms in total. The molecule has 0 aromatic heterocycles. The summed E-state index contributed by atoms with van der Waals surface area (Å²) >= 11 is 5.68. The summed E-state index contributed by atoms with van der Waals surface area (Å²) in [6.45, 7) is -0.423. The minimum absolute atomic E-state index is 0.423. The molecule has 0 unspecified atom stereocenters. The lowest BCUT2D eigenvalue weighted by atomic mass is 10.2. The van der Waals surface area contributed by atoms with Gasteiger partial charge in [-0.25, -0.2) is 13.1 Å². The number of hydrogen-bond donors (Lipinski definition) is 2. The summed E-state index contributed by atoms with van der Waals surface area (Å²) in [5.41, 5.74) is 5.50. The quantitative estimate of drug-likeness (QED) is 0.829. The van der Waals surface area contributed by atoms with Crippen LogP contribution in [0.15, 0.2) is 29.7 Å². The van der Waals surface area contributed by atoms with Crippen molar-refractivity contribution in [2.75, 3.05) is 6.54 Å². The molecule has 17 heavy (non-hydrogen) atoms. The van der Waals surface area contributed by atoms with E-state index in [9.17, 15) is 13.2 Å². The van der Waals surface area contributed by atoms with Crippen molar-refractivity contribution in [3.63, 3.8) is 0 Å². The van der Waals surface area contributed by atoms with Crippen LogP contribution in [-0.4, -0.2) is 20.9 Å². The molecule has 0 heterocycles. The Kier molecular flexibility index (Phi) is 4.68. The minimum Gasteiger partial charge on any atom is -0.369 e. The van der Waals surface area contributed by atoms with Crippen LogP contribution in [0.5, 0.6) is 0 Å². The maximum Gasteiger partial charge on any atom is 0.234 e. The summed E-state index contributed by atoms with van der Waals surface area (Å²) in [7, 11) is -3.65. The van der Waals surface area contributed by atoms with Gasteiger partial charge in [-0.3, -0.25) is 4.79 Å². The second kappa shape index (κ2) is 5.81. The standard InChI is InChI=1S/C10H11ClN2O3S/c11-9-3-1-8(2-4-9)5-6-17(15,16)13-7-10(12)14/h1-6,13H,7H2,(H2,12,14)/b6-5-. The molecule has 3 N–H and O–H groups in total. The third-order valence-electron chi connectivity index (χ3n) is 1.76. The van der Waals surface area contributed by atoms with Gasteiger partial charge in [0.1, 0.15) is 0 Å². The van der Waals surface area contributed by atoms with Crippen molar-refractivity contribution < 1.29 is 13.2 Å². The lowest BCUT2D eigenvalue weighted by molar-refractivity contribution is -0.116.